The highest BCUT2D eigenvalue weighted by molar-refractivity contribution is 7.80. The number of benzene rings is 1. The molecular weight excluding hydrogens is 372 g/mol. The molecule has 1 aromatic carbocycles. The number of hydrogen-bond donors (Lipinski definition) is 2. The van der Waals surface area contributed by atoms with Gasteiger partial charge in [-0.25, -0.2) is 0 Å². The molecule has 2 heterocycles. The number of aromatic nitrogens is 1. The van der Waals surface area contributed by atoms with E-state index in [2.05, 4.69) is 16.7 Å². The molecule has 144 valence electrons. The van der Waals surface area contributed by atoms with E-state index < -0.39 is 5.60 Å². The van der Waals surface area contributed by atoms with Crippen molar-refractivity contribution < 1.29 is 4.74 Å². The first-order valence-corrected chi connectivity index (χ1v) is 9.45. The molecule has 3 rings (SSSR count). The average molecular weight is 395 g/mol. The fraction of sp³-hybridized carbons (Fsp3) is 0.286. The van der Waals surface area contributed by atoms with E-state index in [1.54, 1.807) is 41.1 Å². The van der Waals surface area contributed by atoms with Gasteiger partial charge >= 0.3 is 0 Å². The fourth-order valence-corrected chi connectivity index (χ4v) is 3.45. The van der Waals surface area contributed by atoms with Crippen LogP contribution in [0.15, 0.2) is 53.0 Å². The van der Waals surface area contributed by atoms with Crippen LogP contribution in [-0.4, -0.2) is 28.4 Å². The van der Waals surface area contributed by atoms with Crippen LogP contribution in [0.2, 0.25) is 0 Å². The Labute approximate surface area is 169 Å². The third-order valence-corrected chi connectivity index (χ3v) is 4.86. The van der Waals surface area contributed by atoms with Crippen LogP contribution in [0.1, 0.15) is 31.9 Å². The Kier molecular flexibility index (Phi) is 5.52. The van der Waals surface area contributed by atoms with Crippen LogP contribution < -0.4 is 20.9 Å². The Morgan fingerprint density at radius 3 is 2.75 bits per heavy atom. The lowest BCUT2D eigenvalue weighted by Crippen LogP contribution is -2.44. The molecule has 7 heteroatoms. The fourth-order valence-electron chi connectivity index (χ4n) is 3.23. The van der Waals surface area contributed by atoms with Gasteiger partial charge in [-0.1, -0.05) is 6.07 Å². The van der Waals surface area contributed by atoms with E-state index in [1.807, 2.05) is 20.8 Å². The second kappa shape index (κ2) is 7.87. The molecule has 1 aromatic heterocycles. The van der Waals surface area contributed by atoms with Gasteiger partial charge in [-0.3, -0.25) is 9.36 Å². The summed E-state index contributed by atoms with van der Waals surface area (Å²) in [4.78, 5) is 12.6. The van der Waals surface area contributed by atoms with E-state index >= 15 is 0 Å². The maximum Gasteiger partial charge on any atom is 0.255 e. The van der Waals surface area contributed by atoms with Gasteiger partial charge < -0.3 is 15.4 Å². The third kappa shape index (κ3) is 3.78. The Bertz CT molecular complexity index is 1050. The minimum atomic E-state index is -0.680. The highest BCUT2D eigenvalue weighted by Crippen LogP contribution is 2.41. The summed E-state index contributed by atoms with van der Waals surface area (Å²) in [6, 6.07) is 12.4. The van der Waals surface area contributed by atoms with Crippen molar-refractivity contribution in [3.8, 4) is 11.8 Å². The molecule has 0 radical (unpaired) electrons. The van der Waals surface area contributed by atoms with Gasteiger partial charge in [0.25, 0.3) is 5.56 Å². The Morgan fingerprint density at radius 2 is 2.07 bits per heavy atom. The van der Waals surface area contributed by atoms with E-state index in [0.717, 1.165) is 5.57 Å². The van der Waals surface area contributed by atoms with Gasteiger partial charge in [0, 0.05) is 36.5 Å². The number of fused-ring (bicyclic) bond motifs is 1. The van der Waals surface area contributed by atoms with Crippen LogP contribution >= 0.6 is 12.2 Å². The van der Waals surface area contributed by atoms with Gasteiger partial charge in [-0.15, -0.1) is 0 Å². The molecule has 1 aliphatic rings. The molecule has 0 unspecified atom stereocenters. The van der Waals surface area contributed by atoms with E-state index in [-0.39, 0.29) is 5.56 Å². The van der Waals surface area contributed by atoms with Crippen molar-refractivity contribution in [3.63, 3.8) is 0 Å². The molecule has 28 heavy (non-hydrogen) atoms. The highest BCUT2D eigenvalue weighted by atomic mass is 32.1. The first-order valence-electron chi connectivity index (χ1n) is 9.04. The minimum absolute atomic E-state index is 0.157. The van der Waals surface area contributed by atoms with Gasteiger partial charge in [-0.05, 0) is 57.3 Å². The van der Waals surface area contributed by atoms with Crippen molar-refractivity contribution in [3.05, 3.63) is 69.6 Å². The second-order valence-corrected chi connectivity index (χ2v) is 7.29. The van der Waals surface area contributed by atoms with Crippen molar-refractivity contribution in [1.29, 1.82) is 5.26 Å². The van der Waals surface area contributed by atoms with E-state index in [1.165, 1.54) is 6.07 Å². The lowest BCUT2D eigenvalue weighted by molar-refractivity contribution is 0.141. The predicted molar refractivity (Wildman–Crippen MR) is 113 cm³/mol. The molecule has 2 N–H and O–H groups in total. The van der Waals surface area contributed by atoms with Crippen molar-refractivity contribution in [2.75, 3.05) is 13.1 Å². The summed E-state index contributed by atoms with van der Waals surface area (Å²) in [5, 5.41) is 16.1. The van der Waals surface area contributed by atoms with Crippen LogP contribution in [0.3, 0.4) is 0 Å². The van der Waals surface area contributed by atoms with Crippen LogP contribution in [0, 0.1) is 11.3 Å². The topological polar surface area (TPSA) is 79.1 Å². The Balaban J connectivity index is 2.24. The average Bonchev–Trinajstić information content (AvgIpc) is 2.66. The molecule has 0 saturated heterocycles. The number of ether oxygens (including phenoxy) is 1. The number of nitrogens with zero attached hydrogens (tertiary/aromatic N) is 2. The number of nitriles is 1. The first kappa shape index (κ1) is 19.6. The first-order chi connectivity index (χ1) is 13.4. The molecule has 0 fully saturated rings. The highest BCUT2D eigenvalue weighted by Gasteiger charge is 2.36. The largest absolute Gasteiger partial charge is 0.483 e. The summed E-state index contributed by atoms with van der Waals surface area (Å²) in [6.07, 6.45) is 1.73. The normalized spacial score (nSPS) is 14.5. The summed E-state index contributed by atoms with van der Waals surface area (Å²) < 4.78 is 7.82. The van der Waals surface area contributed by atoms with Crippen LogP contribution in [0.4, 0.5) is 0 Å². The summed E-state index contributed by atoms with van der Waals surface area (Å²) in [5.74, 6) is 0.632. The van der Waals surface area contributed by atoms with Crippen molar-refractivity contribution in [1.82, 2.24) is 15.2 Å². The maximum absolute atomic E-state index is 12.6. The van der Waals surface area contributed by atoms with Gasteiger partial charge in [0.2, 0.25) is 0 Å². The molecule has 2 aromatic rings. The quantitative estimate of drug-likeness (QED) is 0.776. The maximum atomic E-state index is 12.6. The van der Waals surface area contributed by atoms with Crippen molar-refractivity contribution in [2.24, 2.45) is 0 Å². The van der Waals surface area contributed by atoms with Gasteiger partial charge in [0.05, 0.1) is 17.3 Å². The summed E-state index contributed by atoms with van der Waals surface area (Å²) >= 11 is 5.30. The van der Waals surface area contributed by atoms with E-state index in [0.29, 0.717) is 40.8 Å². The van der Waals surface area contributed by atoms with Gasteiger partial charge in [-0.2, -0.15) is 5.26 Å². The predicted octanol–water partition coefficient (Wildman–Crippen LogP) is 2.63. The van der Waals surface area contributed by atoms with Crippen LogP contribution in [0.5, 0.6) is 5.75 Å². The molecular formula is C21H22N4O2S. The summed E-state index contributed by atoms with van der Waals surface area (Å²) in [7, 11) is 0. The zero-order chi connectivity index (χ0) is 20.3. The van der Waals surface area contributed by atoms with Gasteiger partial charge in [0.15, 0.2) is 5.11 Å². The van der Waals surface area contributed by atoms with Crippen LogP contribution in [-0.2, 0) is 0 Å². The zero-order valence-corrected chi connectivity index (χ0v) is 16.9. The molecule has 0 bridgehead atoms. The SMILES string of the molecule is CCNC(=S)NCC1=C(n2ccccc2=O)c2cc(C#N)ccc2OC1(C)C. The van der Waals surface area contributed by atoms with Gasteiger partial charge in [0.1, 0.15) is 11.4 Å². The minimum Gasteiger partial charge on any atom is -0.483 e. The Morgan fingerprint density at radius 1 is 1.29 bits per heavy atom. The van der Waals surface area contributed by atoms with Crippen molar-refractivity contribution >= 4 is 23.0 Å². The standard InChI is InChI=1S/C21H22N4O2S/c1-4-23-20(28)24-13-16-19(25-10-6-5-7-18(25)26)15-11-14(12-22)8-9-17(15)27-21(16,2)3/h5-11H,4,13H2,1-3H3,(H2,23,24,28). The lowest BCUT2D eigenvalue weighted by atomic mass is 9.88. The smallest absolute Gasteiger partial charge is 0.255 e. The monoisotopic (exact) mass is 394 g/mol. The number of nitrogens with one attached hydrogen (secondary N) is 2. The third-order valence-electron chi connectivity index (χ3n) is 4.57. The number of pyridine rings is 1. The Hall–Kier alpha value is -3.11. The summed E-state index contributed by atoms with van der Waals surface area (Å²) in [5.41, 5.74) is 1.94. The number of hydrogen-bond acceptors (Lipinski definition) is 4. The van der Waals surface area contributed by atoms with E-state index in [9.17, 15) is 10.1 Å². The summed E-state index contributed by atoms with van der Waals surface area (Å²) in [6.45, 7) is 6.98. The van der Waals surface area contributed by atoms with E-state index in [4.69, 9.17) is 17.0 Å². The molecule has 0 aliphatic carbocycles. The molecule has 6 nitrogen and oxygen atoms in total. The number of thiocarbonyl (C=S) groups is 1. The lowest BCUT2D eigenvalue weighted by Gasteiger charge is -2.37. The van der Waals surface area contributed by atoms with Crippen molar-refractivity contribution in [2.45, 2.75) is 26.4 Å². The zero-order valence-electron chi connectivity index (χ0n) is 16.1. The molecule has 1 aliphatic heterocycles. The second-order valence-electron chi connectivity index (χ2n) is 6.88. The van der Waals surface area contributed by atoms with Crippen LogP contribution in [0.25, 0.3) is 5.70 Å². The number of rotatable bonds is 4. The molecule has 0 atom stereocenters. The molecule has 0 amide bonds. The molecule has 0 spiro atoms. The molecule has 0 saturated carbocycles.